The molecule has 3 N–H and O–H groups in total. The zero-order valence-corrected chi connectivity index (χ0v) is 18.2. The molecule has 8 heteroatoms. The van der Waals surface area contributed by atoms with Gasteiger partial charge in [-0.2, -0.15) is 0 Å². The van der Waals surface area contributed by atoms with Gasteiger partial charge in [-0.1, -0.05) is 0 Å². The van der Waals surface area contributed by atoms with Gasteiger partial charge in [0, 0.05) is 23.1 Å². The topological polar surface area (TPSA) is 78.1 Å². The third-order valence-electron chi connectivity index (χ3n) is 4.27. The average Bonchev–Trinajstić information content (AvgIpc) is 3.10. The van der Waals surface area contributed by atoms with Crippen molar-refractivity contribution >= 4 is 47.0 Å². The summed E-state index contributed by atoms with van der Waals surface area (Å²) in [5.41, 5.74) is 7.62. The fourth-order valence-corrected chi connectivity index (χ4v) is 3.90. The Balaban J connectivity index is 0.00000243. The first-order chi connectivity index (χ1) is 12.1. The molecule has 142 valence electrons. The molecule has 1 aliphatic rings. The number of methoxy groups -OCH3 is 2. The molecule has 3 rings (SSSR count). The molecule has 0 amide bonds. The fraction of sp³-hybridized carbons (Fsp3) is 0.389. The van der Waals surface area contributed by atoms with E-state index >= 15 is 0 Å². The van der Waals surface area contributed by atoms with E-state index < -0.39 is 5.60 Å². The largest absolute Gasteiger partial charge is 0.493 e. The van der Waals surface area contributed by atoms with Crippen LogP contribution in [-0.4, -0.2) is 33.3 Å². The third kappa shape index (κ3) is 4.41. The van der Waals surface area contributed by atoms with Crippen molar-refractivity contribution in [3.8, 4) is 11.5 Å². The fourth-order valence-electron chi connectivity index (χ4n) is 2.92. The van der Waals surface area contributed by atoms with Crippen LogP contribution < -0.4 is 20.5 Å². The molecule has 0 spiro atoms. The second kappa shape index (κ2) is 8.92. The molecule has 0 bridgehead atoms. The van der Waals surface area contributed by atoms with Crippen LogP contribution in [0.3, 0.4) is 0 Å². The monoisotopic (exact) mass is 489 g/mol. The predicted octanol–water partition coefficient (Wildman–Crippen LogP) is 3.60. The third-order valence-corrected chi connectivity index (χ3v) is 5.25. The first-order valence-corrected chi connectivity index (χ1v) is 8.93. The number of hydrogen-bond donors (Lipinski definition) is 2. The Bertz CT molecular complexity index is 781. The van der Waals surface area contributed by atoms with Crippen molar-refractivity contribution < 1.29 is 14.2 Å². The molecule has 0 saturated heterocycles. The molecule has 1 aromatic carbocycles. The number of ether oxygens (including phenoxy) is 3. The number of nitrogens with one attached hydrogen (secondary N) is 1. The van der Waals surface area contributed by atoms with Gasteiger partial charge >= 0.3 is 0 Å². The van der Waals surface area contributed by atoms with Crippen molar-refractivity contribution in [3.63, 3.8) is 0 Å². The van der Waals surface area contributed by atoms with Crippen LogP contribution in [-0.2, 0) is 16.8 Å². The van der Waals surface area contributed by atoms with Gasteiger partial charge in [-0.3, -0.25) is 0 Å². The van der Waals surface area contributed by atoms with E-state index in [0.717, 1.165) is 12.1 Å². The molecule has 2 heterocycles. The van der Waals surface area contributed by atoms with E-state index in [1.165, 1.54) is 10.4 Å². The Hall–Kier alpha value is -1.52. The molecule has 26 heavy (non-hydrogen) atoms. The zero-order valence-electron chi connectivity index (χ0n) is 15.1. The second-order valence-corrected chi connectivity index (χ2v) is 6.98. The number of nitrogens with zero attached hydrogens (tertiary/aromatic N) is 1. The van der Waals surface area contributed by atoms with Gasteiger partial charge in [0.05, 0.1) is 27.4 Å². The van der Waals surface area contributed by atoms with E-state index in [1.54, 1.807) is 25.6 Å². The van der Waals surface area contributed by atoms with Gasteiger partial charge in [-0.05, 0) is 36.1 Å². The van der Waals surface area contributed by atoms with Gasteiger partial charge in [0.25, 0.3) is 0 Å². The molecule has 0 fully saturated rings. The number of rotatable bonds is 5. The summed E-state index contributed by atoms with van der Waals surface area (Å²) < 4.78 is 16.5. The average molecular weight is 489 g/mol. The lowest BCUT2D eigenvalue weighted by atomic mass is 9.93. The predicted molar refractivity (Wildman–Crippen MR) is 116 cm³/mol. The van der Waals surface area contributed by atoms with Crippen molar-refractivity contribution in [1.82, 2.24) is 0 Å². The maximum Gasteiger partial charge on any atom is 0.193 e. The summed E-state index contributed by atoms with van der Waals surface area (Å²) >= 11 is 1.77. The Kier molecular flexibility index (Phi) is 7.13. The van der Waals surface area contributed by atoms with E-state index in [4.69, 9.17) is 19.9 Å². The van der Waals surface area contributed by atoms with E-state index in [1.807, 2.05) is 18.2 Å². The summed E-state index contributed by atoms with van der Waals surface area (Å²) in [4.78, 5) is 5.85. The van der Waals surface area contributed by atoms with Gasteiger partial charge < -0.3 is 25.3 Å². The summed E-state index contributed by atoms with van der Waals surface area (Å²) in [5.74, 6) is 1.63. The molecule has 6 nitrogen and oxygen atoms in total. The highest BCUT2D eigenvalue weighted by atomic mass is 127. The lowest BCUT2D eigenvalue weighted by Crippen LogP contribution is -2.36. The number of halogens is 1. The summed E-state index contributed by atoms with van der Waals surface area (Å²) in [5, 5.41) is 5.19. The quantitative estimate of drug-likeness (QED) is 0.382. The summed E-state index contributed by atoms with van der Waals surface area (Å²) in [6.45, 7) is 3.23. The number of fused-ring (bicyclic) bond motifs is 1. The van der Waals surface area contributed by atoms with Crippen molar-refractivity contribution in [2.45, 2.75) is 18.9 Å². The molecule has 1 atom stereocenters. The van der Waals surface area contributed by atoms with Crippen LogP contribution in [0, 0.1) is 0 Å². The zero-order chi connectivity index (χ0) is 17.9. The van der Waals surface area contributed by atoms with Gasteiger partial charge in [-0.25, -0.2) is 4.99 Å². The van der Waals surface area contributed by atoms with Crippen molar-refractivity contribution in [1.29, 1.82) is 0 Å². The van der Waals surface area contributed by atoms with Crippen LogP contribution in [0.1, 0.15) is 17.4 Å². The van der Waals surface area contributed by atoms with E-state index in [-0.39, 0.29) is 24.0 Å². The van der Waals surface area contributed by atoms with E-state index in [2.05, 4.69) is 28.7 Å². The smallest absolute Gasteiger partial charge is 0.193 e. The summed E-state index contributed by atoms with van der Waals surface area (Å²) in [6.07, 6.45) is 0.964. The Morgan fingerprint density at radius 1 is 1.31 bits per heavy atom. The van der Waals surface area contributed by atoms with Crippen LogP contribution in [0.4, 0.5) is 5.69 Å². The van der Waals surface area contributed by atoms with Gasteiger partial charge in [0.1, 0.15) is 5.60 Å². The first kappa shape index (κ1) is 20.8. The SMILES string of the molecule is COc1ccc(NC(N)=NCC2(C)OCCc3sccc32)cc1OC.I. The number of hydrogen-bond acceptors (Lipinski definition) is 5. The Morgan fingerprint density at radius 2 is 2.08 bits per heavy atom. The van der Waals surface area contributed by atoms with Gasteiger partial charge in [-0.15, -0.1) is 35.3 Å². The van der Waals surface area contributed by atoms with Crippen molar-refractivity contribution in [2.24, 2.45) is 10.7 Å². The first-order valence-electron chi connectivity index (χ1n) is 8.05. The summed E-state index contributed by atoms with van der Waals surface area (Å²) in [7, 11) is 3.20. The van der Waals surface area contributed by atoms with Crippen molar-refractivity contribution in [3.05, 3.63) is 40.1 Å². The minimum absolute atomic E-state index is 0. The van der Waals surface area contributed by atoms with Crippen LogP contribution in [0.25, 0.3) is 0 Å². The molecule has 0 aliphatic carbocycles. The van der Waals surface area contributed by atoms with Crippen molar-refractivity contribution in [2.75, 3.05) is 32.7 Å². The lowest BCUT2D eigenvalue weighted by Gasteiger charge is -2.33. The highest BCUT2D eigenvalue weighted by Gasteiger charge is 2.33. The van der Waals surface area contributed by atoms with Crippen LogP contribution >= 0.6 is 35.3 Å². The maximum absolute atomic E-state index is 6.05. The summed E-state index contributed by atoms with van der Waals surface area (Å²) in [6, 6.07) is 7.61. The normalized spacial score (nSPS) is 19.3. The molecule has 1 unspecified atom stereocenters. The highest BCUT2D eigenvalue weighted by molar-refractivity contribution is 14.0. The van der Waals surface area contributed by atoms with Gasteiger partial charge in [0.15, 0.2) is 17.5 Å². The Labute approximate surface area is 174 Å². The maximum atomic E-state index is 6.05. The molecule has 1 aliphatic heterocycles. The number of aliphatic imine (C=N–C) groups is 1. The second-order valence-electron chi connectivity index (χ2n) is 5.98. The molecule has 1 aromatic heterocycles. The molecule has 2 aromatic rings. The van der Waals surface area contributed by atoms with Crippen LogP contribution in [0.15, 0.2) is 34.6 Å². The number of guanidine groups is 1. The Morgan fingerprint density at radius 3 is 2.81 bits per heavy atom. The minimum atomic E-state index is -0.433. The molecule has 0 radical (unpaired) electrons. The number of anilines is 1. The molecule has 0 saturated carbocycles. The van der Waals surface area contributed by atoms with E-state index in [9.17, 15) is 0 Å². The molecular formula is C18H24IN3O3S. The van der Waals surface area contributed by atoms with Crippen LogP contribution in [0.2, 0.25) is 0 Å². The van der Waals surface area contributed by atoms with E-state index in [0.29, 0.717) is 30.6 Å². The number of benzene rings is 1. The van der Waals surface area contributed by atoms with Crippen LogP contribution in [0.5, 0.6) is 11.5 Å². The molecular weight excluding hydrogens is 465 g/mol. The standard InChI is InChI=1S/C18H23N3O3S.HI/c1-18(13-7-9-25-16(13)6-8-24-18)11-20-17(19)21-12-4-5-14(22-2)15(10-12)23-3;/h4-5,7,9-10H,6,8,11H2,1-3H3,(H3,19,20,21);1H. The number of thiophene rings is 1. The van der Waals surface area contributed by atoms with Gasteiger partial charge in [0.2, 0.25) is 0 Å². The highest BCUT2D eigenvalue weighted by Crippen LogP contribution is 2.36. The minimum Gasteiger partial charge on any atom is -0.493 e. The number of nitrogens with two attached hydrogens (primary N) is 1. The lowest BCUT2D eigenvalue weighted by molar-refractivity contribution is -0.0374.